The van der Waals surface area contributed by atoms with Crippen LogP contribution in [0.1, 0.15) is 5.56 Å². The predicted molar refractivity (Wildman–Crippen MR) is 67.9 cm³/mol. The van der Waals surface area contributed by atoms with Crippen LogP contribution in [0.3, 0.4) is 0 Å². The molecule has 0 aliphatic carbocycles. The van der Waals surface area contributed by atoms with Gasteiger partial charge in [-0.15, -0.1) is 10.0 Å². The highest BCUT2D eigenvalue weighted by atomic mass is 35.5. The number of nitroso groups, excluding NO2 is 1. The fourth-order valence-corrected chi connectivity index (χ4v) is 1.68. The summed E-state index contributed by atoms with van der Waals surface area (Å²) in [5, 5.41) is 7.25. The predicted octanol–water partition coefficient (Wildman–Crippen LogP) is 3.21. The van der Waals surface area contributed by atoms with Crippen molar-refractivity contribution < 1.29 is 4.74 Å². The lowest BCUT2D eigenvalue weighted by Crippen LogP contribution is -1.97. The van der Waals surface area contributed by atoms with Crippen LogP contribution in [0.5, 0.6) is 5.88 Å². The third kappa shape index (κ3) is 2.78. The van der Waals surface area contributed by atoms with Gasteiger partial charge >= 0.3 is 0 Å². The fourth-order valence-electron chi connectivity index (χ4n) is 1.30. The molecule has 1 aromatic heterocycles. The molecule has 7 heteroatoms. The summed E-state index contributed by atoms with van der Waals surface area (Å²) in [5.74, 6) is 0.400. The second-order valence-corrected chi connectivity index (χ2v) is 4.01. The molecule has 0 aliphatic heterocycles. The van der Waals surface area contributed by atoms with E-state index < -0.39 is 0 Å². The Morgan fingerprint density at radius 2 is 2.29 bits per heavy atom. The molecule has 2 aromatic rings. The van der Waals surface area contributed by atoms with E-state index in [0.717, 1.165) is 0 Å². The highest BCUT2D eigenvalue weighted by molar-refractivity contribution is 7.78. The molecule has 0 bridgehead atoms. The molecule has 0 amide bonds. The second kappa shape index (κ2) is 5.20. The molecule has 0 radical (unpaired) electrons. The molecule has 0 saturated carbocycles. The Bertz CT molecular complexity index is 544. The molecule has 1 heterocycles. The lowest BCUT2D eigenvalue weighted by Gasteiger charge is -2.06. The van der Waals surface area contributed by atoms with Gasteiger partial charge in [0.15, 0.2) is 0 Å². The normalized spacial score (nSPS) is 10.2. The second-order valence-electron chi connectivity index (χ2n) is 3.19. The summed E-state index contributed by atoms with van der Waals surface area (Å²) in [7, 11) is 0. The average Bonchev–Trinajstić information content (AvgIpc) is 2.73. The SMILES string of the molecule is O=Nc1cccc(Cl)c1COc1ccn(S)n1. The van der Waals surface area contributed by atoms with Crippen LogP contribution in [0.4, 0.5) is 5.69 Å². The first-order valence-electron chi connectivity index (χ1n) is 4.69. The maximum absolute atomic E-state index is 10.6. The first-order chi connectivity index (χ1) is 8.20. The van der Waals surface area contributed by atoms with E-state index in [1.807, 2.05) is 0 Å². The van der Waals surface area contributed by atoms with Crippen LogP contribution in [0.25, 0.3) is 0 Å². The van der Waals surface area contributed by atoms with Gasteiger partial charge in [-0.1, -0.05) is 17.7 Å². The number of ether oxygens (including phenoxy) is 1. The number of hydrogen-bond donors (Lipinski definition) is 1. The average molecular weight is 270 g/mol. The number of halogens is 1. The smallest absolute Gasteiger partial charge is 0.234 e. The van der Waals surface area contributed by atoms with Crippen LogP contribution < -0.4 is 4.74 Å². The fraction of sp³-hybridized carbons (Fsp3) is 0.100. The first-order valence-corrected chi connectivity index (χ1v) is 5.47. The number of hydrogen-bond acceptors (Lipinski definition) is 5. The zero-order chi connectivity index (χ0) is 12.3. The Kier molecular flexibility index (Phi) is 3.65. The number of nitrogens with zero attached hydrogens (tertiary/aromatic N) is 3. The molecule has 88 valence electrons. The van der Waals surface area contributed by atoms with E-state index in [1.54, 1.807) is 30.5 Å². The van der Waals surface area contributed by atoms with E-state index >= 15 is 0 Å². The van der Waals surface area contributed by atoms with E-state index in [2.05, 4.69) is 23.1 Å². The van der Waals surface area contributed by atoms with Gasteiger partial charge in [-0.3, -0.25) is 0 Å². The molecule has 0 unspecified atom stereocenters. The van der Waals surface area contributed by atoms with Gasteiger partial charge in [0.2, 0.25) is 5.88 Å². The number of aromatic nitrogens is 2. The molecule has 2 rings (SSSR count). The molecule has 0 N–H and O–H groups in total. The van der Waals surface area contributed by atoms with Crippen molar-refractivity contribution in [3.05, 3.63) is 46.0 Å². The van der Waals surface area contributed by atoms with E-state index in [9.17, 15) is 4.91 Å². The first kappa shape index (κ1) is 11.9. The van der Waals surface area contributed by atoms with Gasteiger partial charge in [0, 0.05) is 22.8 Å². The number of rotatable bonds is 4. The van der Waals surface area contributed by atoms with Gasteiger partial charge in [0.25, 0.3) is 0 Å². The molecule has 17 heavy (non-hydrogen) atoms. The van der Waals surface area contributed by atoms with Crippen molar-refractivity contribution in [2.24, 2.45) is 5.18 Å². The summed E-state index contributed by atoms with van der Waals surface area (Å²) in [6, 6.07) is 6.56. The minimum absolute atomic E-state index is 0.130. The van der Waals surface area contributed by atoms with Crippen LogP contribution >= 0.6 is 24.4 Å². The Morgan fingerprint density at radius 3 is 2.94 bits per heavy atom. The molecule has 0 spiro atoms. The maximum atomic E-state index is 10.6. The Morgan fingerprint density at radius 1 is 1.47 bits per heavy atom. The molecular formula is C10H8ClN3O2S. The van der Waals surface area contributed by atoms with Crippen molar-refractivity contribution in [3.8, 4) is 5.88 Å². The van der Waals surface area contributed by atoms with Crippen molar-refractivity contribution in [2.45, 2.75) is 6.61 Å². The van der Waals surface area contributed by atoms with Gasteiger partial charge in [-0.25, -0.2) is 4.09 Å². The topological polar surface area (TPSA) is 56.5 Å². The van der Waals surface area contributed by atoms with E-state index in [4.69, 9.17) is 16.3 Å². The Labute approximate surface area is 108 Å². The van der Waals surface area contributed by atoms with Gasteiger partial charge in [-0.05, 0) is 30.1 Å². The highest BCUT2D eigenvalue weighted by Crippen LogP contribution is 2.27. The van der Waals surface area contributed by atoms with E-state index in [0.29, 0.717) is 16.5 Å². The van der Waals surface area contributed by atoms with Crippen LogP contribution in [-0.2, 0) is 6.61 Å². The molecule has 0 fully saturated rings. The van der Waals surface area contributed by atoms with Crippen LogP contribution in [0.15, 0.2) is 35.6 Å². The van der Waals surface area contributed by atoms with E-state index in [-0.39, 0.29) is 12.3 Å². The summed E-state index contributed by atoms with van der Waals surface area (Å²) in [6.45, 7) is 0.130. The van der Waals surface area contributed by atoms with Crippen molar-refractivity contribution in [3.63, 3.8) is 0 Å². The van der Waals surface area contributed by atoms with Crippen molar-refractivity contribution in [1.29, 1.82) is 0 Å². The molecule has 0 aliphatic rings. The lowest BCUT2D eigenvalue weighted by molar-refractivity contribution is 0.293. The molecule has 0 saturated heterocycles. The van der Waals surface area contributed by atoms with Gasteiger partial charge < -0.3 is 4.74 Å². The zero-order valence-electron chi connectivity index (χ0n) is 8.58. The standard InChI is InChI=1S/C10H8ClN3O2S/c11-8-2-1-3-9(13-15)7(8)6-16-10-4-5-14(17)12-10/h1-5,17H,6H2. The van der Waals surface area contributed by atoms with Crippen LogP contribution in [0, 0.1) is 4.91 Å². The zero-order valence-corrected chi connectivity index (χ0v) is 10.2. The quantitative estimate of drug-likeness (QED) is 0.685. The largest absolute Gasteiger partial charge is 0.472 e. The summed E-state index contributed by atoms with van der Waals surface area (Å²) >= 11 is 9.94. The summed E-state index contributed by atoms with van der Waals surface area (Å²) < 4.78 is 6.69. The number of benzene rings is 1. The minimum Gasteiger partial charge on any atom is -0.472 e. The van der Waals surface area contributed by atoms with Gasteiger partial charge in [0.1, 0.15) is 12.3 Å². The van der Waals surface area contributed by atoms with Crippen molar-refractivity contribution >= 4 is 30.1 Å². The van der Waals surface area contributed by atoms with Gasteiger partial charge in [-0.2, -0.15) is 0 Å². The molecule has 0 atom stereocenters. The van der Waals surface area contributed by atoms with Crippen molar-refractivity contribution in [2.75, 3.05) is 0 Å². The Hall–Kier alpha value is -1.53. The molecule has 5 nitrogen and oxygen atoms in total. The van der Waals surface area contributed by atoms with Crippen LogP contribution in [0.2, 0.25) is 5.02 Å². The van der Waals surface area contributed by atoms with Gasteiger partial charge in [0.05, 0.1) is 0 Å². The summed E-state index contributed by atoms with van der Waals surface area (Å²) in [4.78, 5) is 10.6. The highest BCUT2D eigenvalue weighted by Gasteiger charge is 2.09. The Balaban J connectivity index is 2.16. The van der Waals surface area contributed by atoms with Crippen LogP contribution in [-0.4, -0.2) is 9.19 Å². The van der Waals surface area contributed by atoms with Crippen molar-refractivity contribution in [1.82, 2.24) is 9.19 Å². The minimum atomic E-state index is 0.130. The summed E-state index contributed by atoms with van der Waals surface area (Å²) in [5.41, 5.74) is 0.806. The lowest BCUT2D eigenvalue weighted by atomic mass is 10.2. The third-order valence-electron chi connectivity index (χ3n) is 2.11. The maximum Gasteiger partial charge on any atom is 0.234 e. The monoisotopic (exact) mass is 269 g/mol. The molecular weight excluding hydrogens is 262 g/mol. The number of thiol groups is 1. The molecule has 1 aromatic carbocycles. The summed E-state index contributed by atoms with van der Waals surface area (Å²) in [6.07, 6.45) is 1.63. The van der Waals surface area contributed by atoms with E-state index in [1.165, 1.54) is 4.09 Å². The third-order valence-corrected chi connectivity index (χ3v) is 2.69.